The molecule has 3 rings (SSSR count). The van der Waals surface area contributed by atoms with Crippen LogP contribution in [-0.4, -0.2) is 42.2 Å². The first-order chi connectivity index (χ1) is 14.3. The average Bonchev–Trinajstić information content (AvgIpc) is 2.70. The minimum absolute atomic E-state index is 0.0553. The van der Waals surface area contributed by atoms with E-state index < -0.39 is 23.8 Å². The van der Waals surface area contributed by atoms with E-state index in [9.17, 15) is 14.0 Å². The fourth-order valence-electron chi connectivity index (χ4n) is 3.03. The molecule has 1 heterocycles. The zero-order chi connectivity index (χ0) is 21.8. The Bertz CT molecular complexity index is 1010. The van der Waals surface area contributed by atoms with Gasteiger partial charge in [0.25, 0.3) is 5.91 Å². The quantitative estimate of drug-likeness (QED) is 0.651. The van der Waals surface area contributed by atoms with E-state index in [1.807, 2.05) is 0 Å². The van der Waals surface area contributed by atoms with Crippen molar-refractivity contribution in [2.24, 2.45) is 0 Å². The summed E-state index contributed by atoms with van der Waals surface area (Å²) in [7, 11) is 1.51. The first-order valence-corrected chi connectivity index (χ1v) is 9.53. The molecule has 0 spiro atoms. The Kier molecular flexibility index (Phi) is 6.59. The van der Waals surface area contributed by atoms with Gasteiger partial charge in [-0.05, 0) is 36.2 Å². The van der Waals surface area contributed by atoms with E-state index in [1.54, 1.807) is 25.1 Å². The molecule has 0 unspecified atom stereocenters. The Morgan fingerprint density at radius 3 is 2.83 bits per heavy atom. The number of benzene rings is 2. The second kappa shape index (κ2) is 9.15. The fourth-order valence-corrected chi connectivity index (χ4v) is 3.30. The fraction of sp³-hybridized carbons (Fsp3) is 0.238. The summed E-state index contributed by atoms with van der Waals surface area (Å²) in [6.07, 6.45) is 1.41. The van der Waals surface area contributed by atoms with Crippen molar-refractivity contribution in [1.82, 2.24) is 10.2 Å². The number of urea groups is 1. The molecular formula is C21H21ClFN3O4. The number of anilines is 1. The molecular weight excluding hydrogens is 413 g/mol. The Morgan fingerprint density at radius 1 is 1.37 bits per heavy atom. The largest absolute Gasteiger partial charge is 0.490 e. The lowest BCUT2D eigenvalue weighted by Gasteiger charge is -2.30. The molecule has 0 fully saturated rings. The van der Waals surface area contributed by atoms with Crippen molar-refractivity contribution in [2.75, 3.05) is 25.6 Å². The molecule has 7 nitrogen and oxygen atoms in total. The van der Waals surface area contributed by atoms with Gasteiger partial charge in [0.1, 0.15) is 18.2 Å². The van der Waals surface area contributed by atoms with E-state index in [0.29, 0.717) is 27.6 Å². The zero-order valence-electron chi connectivity index (χ0n) is 16.4. The highest BCUT2D eigenvalue weighted by Crippen LogP contribution is 2.33. The minimum atomic E-state index is -0.817. The van der Waals surface area contributed by atoms with Crippen LogP contribution in [0.15, 0.2) is 48.2 Å². The molecule has 158 valence electrons. The summed E-state index contributed by atoms with van der Waals surface area (Å²) in [5.74, 6) is -0.634. The third-order valence-corrected chi connectivity index (χ3v) is 4.85. The van der Waals surface area contributed by atoms with E-state index in [-0.39, 0.29) is 18.8 Å². The first kappa shape index (κ1) is 21.6. The molecule has 1 aliphatic rings. The number of nitrogens with zero attached hydrogens (tertiary/aromatic N) is 1. The topological polar surface area (TPSA) is 90.9 Å². The SMILES string of the molecule is Cc1cc(Cl)c(OCCO)cc1NC(=O)C1=CN(C)C(=O)N[C@H]1c1cccc(F)c1. The monoisotopic (exact) mass is 433 g/mol. The predicted molar refractivity (Wildman–Crippen MR) is 111 cm³/mol. The van der Waals surface area contributed by atoms with Gasteiger partial charge in [-0.15, -0.1) is 0 Å². The number of hydrogen-bond acceptors (Lipinski definition) is 4. The molecule has 30 heavy (non-hydrogen) atoms. The molecule has 0 saturated heterocycles. The van der Waals surface area contributed by atoms with E-state index >= 15 is 0 Å². The molecule has 0 saturated carbocycles. The van der Waals surface area contributed by atoms with Crippen LogP contribution in [-0.2, 0) is 4.79 Å². The molecule has 2 aromatic carbocycles. The lowest BCUT2D eigenvalue weighted by Crippen LogP contribution is -2.44. The van der Waals surface area contributed by atoms with Gasteiger partial charge < -0.3 is 25.4 Å². The van der Waals surface area contributed by atoms with Crippen LogP contribution < -0.4 is 15.4 Å². The van der Waals surface area contributed by atoms with Gasteiger partial charge in [-0.1, -0.05) is 23.7 Å². The Labute approximate surface area is 178 Å². The highest BCUT2D eigenvalue weighted by Gasteiger charge is 2.31. The lowest BCUT2D eigenvalue weighted by molar-refractivity contribution is -0.113. The first-order valence-electron chi connectivity index (χ1n) is 9.16. The number of ether oxygens (including phenoxy) is 1. The number of aryl methyl sites for hydroxylation is 1. The van der Waals surface area contributed by atoms with Crippen LogP contribution in [0.5, 0.6) is 5.75 Å². The molecule has 2 aromatic rings. The lowest BCUT2D eigenvalue weighted by atomic mass is 9.97. The van der Waals surface area contributed by atoms with Crippen molar-refractivity contribution < 1.29 is 23.8 Å². The van der Waals surface area contributed by atoms with E-state index in [2.05, 4.69) is 10.6 Å². The average molecular weight is 434 g/mol. The maximum absolute atomic E-state index is 13.7. The maximum atomic E-state index is 13.7. The number of aliphatic hydroxyl groups excluding tert-OH is 1. The maximum Gasteiger partial charge on any atom is 0.321 e. The molecule has 3 N–H and O–H groups in total. The number of rotatable bonds is 6. The number of carbonyl (C=O) groups is 2. The van der Waals surface area contributed by atoms with Crippen LogP contribution in [0.2, 0.25) is 5.02 Å². The van der Waals surface area contributed by atoms with Gasteiger partial charge >= 0.3 is 6.03 Å². The predicted octanol–water partition coefficient (Wildman–Crippen LogP) is 3.38. The van der Waals surface area contributed by atoms with Gasteiger partial charge in [-0.2, -0.15) is 0 Å². The minimum Gasteiger partial charge on any atom is -0.490 e. The highest BCUT2D eigenvalue weighted by molar-refractivity contribution is 6.32. The third kappa shape index (κ3) is 4.72. The summed E-state index contributed by atoms with van der Waals surface area (Å²) in [5.41, 5.74) is 1.82. The summed E-state index contributed by atoms with van der Waals surface area (Å²) in [6, 6.07) is 7.67. The van der Waals surface area contributed by atoms with Gasteiger partial charge in [-0.3, -0.25) is 4.79 Å². The molecule has 1 atom stereocenters. The molecule has 0 radical (unpaired) electrons. The van der Waals surface area contributed by atoms with Crippen molar-refractivity contribution in [3.8, 4) is 5.75 Å². The number of nitrogens with one attached hydrogen (secondary N) is 2. The third-order valence-electron chi connectivity index (χ3n) is 4.55. The Morgan fingerprint density at radius 2 is 2.13 bits per heavy atom. The number of amides is 3. The van der Waals surface area contributed by atoms with Crippen molar-refractivity contribution in [3.63, 3.8) is 0 Å². The van der Waals surface area contributed by atoms with E-state index in [4.69, 9.17) is 21.4 Å². The normalized spacial score (nSPS) is 16.0. The van der Waals surface area contributed by atoms with Gasteiger partial charge in [0, 0.05) is 25.0 Å². The zero-order valence-corrected chi connectivity index (χ0v) is 17.2. The Balaban J connectivity index is 1.92. The van der Waals surface area contributed by atoms with Gasteiger partial charge in [0.2, 0.25) is 0 Å². The van der Waals surface area contributed by atoms with E-state index in [0.717, 1.165) is 0 Å². The van der Waals surface area contributed by atoms with Crippen LogP contribution in [0.1, 0.15) is 17.2 Å². The van der Waals surface area contributed by atoms with Crippen LogP contribution in [0.3, 0.4) is 0 Å². The van der Waals surface area contributed by atoms with Gasteiger partial charge in [-0.25, -0.2) is 9.18 Å². The van der Waals surface area contributed by atoms with Crippen LogP contribution in [0.4, 0.5) is 14.9 Å². The number of aliphatic hydroxyl groups is 1. The van der Waals surface area contributed by atoms with Crippen molar-refractivity contribution >= 4 is 29.2 Å². The van der Waals surface area contributed by atoms with Crippen molar-refractivity contribution in [1.29, 1.82) is 0 Å². The van der Waals surface area contributed by atoms with Crippen LogP contribution >= 0.6 is 11.6 Å². The van der Waals surface area contributed by atoms with Crippen molar-refractivity contribution in [3.05, 3.63) is 70.1 Å². The summed E-state index contributed by atoms with van der Waals surface area (Å²) in [6.45, 7) is 1.64. The second-order valence-electron chi connectivity index (χ2n) is 6.76. The van der Waals surface area contributed by atoms with Gasteiger partial charge in [0.05, 0.1) is 23.2 Å². The molecule has 9 heteroatoms. The summed E-state index contributed by atoms with van der Waals surface area (Å²) in [4.78, 5) is 26.5. The standard InChI is InChI=1S/C21H21ClFN3O4/c1-12-8-16(22)18(30-7-6-27)10-17(12)24-20(28)15-11-26(2)21(29)25-19(15)13-4-3-5-14(23)9-13/h3-5,8-11,19,27H,6-7H2,1-2H3,(H,24,28)(H,25,29)/t19-/m0/s1. The van der Waals surface area contributed by atoms with Crippen molar-refractivity contribution in [2.45, 2.75) is 13.0 Å². The van der Waals surface area contributed by atoms with Gasteiger partial charge in [0.15, 0.2) is 0 Å². The van der Waals surface area contributed by atoms with Crippen LogP contribution in [0, 0.1) is 12.7 Å². The van der Waals surface area contributed by atoms with Crippen LogP contribution in [0.25, 0.3) is 0 Å². The number of carbonyl (C=O) groups excluding carboxylic acids is 2. The molecule has 3 amide bonds. The summed E-state index contributed by atoms with van der Waals surface area (Å²) < 4.78 is 19.1. The molecule has 0 aromatic heterocycles. The Hall–Kier alpha value is -3.10. The van der Waals surface area contributed by atoms with E-state index in [1.165, 1.54) is 36.3 Å². The highest BCUT2D eigenvalue weighted by atomic mass is 35.5. The number of halogens is 2. The molecule has 0 aliphatic carbocycles. The molecule has 1 aliphatic heterocycles. The second-order valence-corrected chi connectivity index (χ2v) is 7.16. The smallest absolute Gasteiger partial charge is 0.321 e. The molecule has 0 bridgehead atoms. The number of hydrogen-bond donors (Lipinski definition) is 3. The summed E-state index contributed by atoms with van der Waals surface area (Å²) >= 11 is 6.16. The summed E-state index contributed by atoms with van der Waals surface area (Å²) in [5, 5.41) is 14.8.